The molecule has 1 aliphatic rings. The van der Waals surface area contributed by atoms with Crippen LogP contribution in [0.4, 0.5) is 0 Å². The van der Waals surface area contributed by atoms with E-state index in [2.05, 4.69) is 15.3 Å². The average Bonchev–Trinajstić information content (AvgIpc) is 2.90. The second-order valence-electron chi connectivity index (χ2n) is 12.3. The molecule has 242 valence electrons. The molecule has 0 aromatic rings. The van der Waals surface area contributed by atoms with Gasteiger partial charge in [0.2, 0.25) is 5.91 Å². The number of esters is 2. The van der Waals surface area contributed by atoms with E-state index in [1.807, 2.05) is 61.6 Å². The topological polar surface area (TPSA) is 172 Å². The molecular weight excluding hydrogens is 562 g/mol. The van der Waals surface area contributed by atoms with E-state index in [0.717, 1.165) is 12.8 Å². The number of hydrogen-bond donors (Lipinski definition) is 2. The summed E-state index contributed by atoms with van der Waals surface area (Å²) in [4.78, 5) is 42.4. The second-order valence-corrected chi connectivity index (χ2v) is 17.0. The fourth-order valence-corrected chi connectivity index (χ4v) is 5.67. The van der Waals surface area contributed by atoms with Gasteiger partial charge in [0.05, 0.1) is 6.54 Å². The van der Waals surface area contributed by atoms with Crippen LogP contribution in [-0.4, -0.2) is 98.6 Å². The molecule has 0 spiro atoms. The number of amides is 1. The zero-order valence-corrected chi connectivity index (χ0v) is 28.1. The fraction of sp³-hybridized carbons (Fsp3) is 0.893. The first-order valence-corrected chi connectivity index (χ1v) is 17.9. The third-order valence-electron chi connectivity index (χ3n) is 8.28. The van der Waals surface area contributed by atoms with Gasteiger partial charge in [0.25, 0.3) is 0 Å². The number of nitrogens with zero attached hydrogens (tertiary/aromatic N) is 4. The van der Waals surface area contributed by atoms with Crippen molar-refractivity contribution in [1.82, 2.24) is 10.2 Å². The molecule has 0 unspecified atom stereocenters. The van der Waals surface area contributed by atoms with Gasteiger partial charge < -0.3 is 34.0 Å². The molecule has 1 aliphatic heterocycles. The molecular formula is C28H53N5O8Si. The van der Waals surface area contributed by atoms with Crippen molar-refractivity contribution in [2.24, 2.45) is 5.11 Å². The summed E-state index contributed by atoms with van der Waals surface area (Å²) in [5.41, 5.74) is 9.17. The summed E-state index contributed by atoms with van der Waals surface area (Å²) >= 11 is 0. The summed E-state index contributed by atoms with van der Waals surface area (Å²) in [5, 5.41) is 17.8. The lowest BCUT2D eigenvalue weighted by molar-refractivity contribution is -0.251. The summed E-state index contributed by atoms with van der Waals surface area (Å²) < 4.78 is 23.3. The first kappa shape index (κ1) is 37.8. The maximum absolute atomic E-state index is 13.1. The van der Waals surface area contributed by atoms with Gasteiger partial charge >= 0.3 is 11.9 Å². The summed E-state index contributed by atoms with van der Waals surface area (Å²) in [7, 11) is -2.48. The van der Waals surface area contributed by atoms with Crippen LogP contribution in [0.2, 0.25) is 18.1 Å². The minimum Gasteiger partial charge on any atom is -0.461 e. The monoisotopic (exact) mass is 615 g/mol. The van der Waals surface area contributed by atoms with Gasteiger partial charge in [-0.05, 0) is 49.3 Å². The molecule has 13 nitrogen and oxygen atoms in total. The SMILES string of the molecule is CCC(CC)NCC(=O)N(CC(=O)OC[C@H]1O[C@@H](O[Si](C)(C)C(C)(C)C)[C@H](N=[N+]=[N-])[C@@H](O)[C@H]1OC(C)=O)C(CC)CC. The second kappa shape index (κ2) is 17.2. The number of carbonyl (C=O) groups excluding carboxylic acids is 3. The summed E-state index contributed by atoms with van der Waals surface area (Å²) in [6.07, 6.45) is -1.93. The van der Waals surface area contributed by atoms with Gasteiger partial charge in [-0.15, -0.1) is 0 Å². The van der Waals surface area contributed by atoms with E-state index in [4.69, 9.17) is 24.2 Å². The number of nitrogens with one attached hydrogen (secondary N) is 1. The maximum Gasteiger partial charge on any atom is 0.325 e. The highest BCUT2D eigenvalue weighted by molar-refractivity contribution is 6.74. The zero-order chi connectivity index (χ0) is 32.3. The Bertz CT molecular complexity index is 932. The minimum atomic E-state index is -2.48. The Balaban J connectivity index is 3.15. The minimum absolute atomic E-state index is 0.107. The van der Waals surface area contributed by atoms with Crippen molar-refractivity contribution < 1.29 is 38.1 Å². The number of aliphatic hydroxyl groups is 1. The number of azide groups is 1. The van der Waals surface area contributed by atoms with Crippen LogP contribution in [0.25, 0.3) is 10.4 Å². The van der Waals surface area contributed by atoms with Crippen LogP contribution in [0.1, 0.15) is 81.1 Å². The third kappa shape index (κ3) is 10.8. The van der Waals surface area contributed by atoms with E-state index >= 15 is 0 Å². The highest BCUT2D eigenvalue weighted by Crippen LogP contribution is 2.39. The fourth-order valence-electron chi connectivity index (χ4n) is 4.54. The molecule has 1 rings (SSSR count). The van der Waals surface area contributed by atoms with Crippen molar-refractivity contribution in [3.63, 3.8) is 0 Å². The molecule has 0 aromatic heterocycles. The van der Waals surface area contributed by atoms with Gasteiger partial charge in [-0.1, -0.05) is 53.6 Å². The Morgan fingerprint density at radius 3 is 2.19 bits per heavy atom. The quantitative estimate of drug-likeness (QED) is 0.0854. The van der Waals surface area contributed by atoms with Crippen LogP contribution in [0, 0.1) is 0 Å². The zero-order valence-electron chi connectivity index (χ0n) is 27.1. The summed E-state index contributed by atoms with van der Waals surface area (Å²) in [5.74, 6) is -1.57. The number of ether oxygens (including phenoxy) is 3. The van der Waals surface area contributed by atoms with Gasteiger partial charge in [0.15, 0.2) is 20.7 Å². The predicted octanol–water partition coefficient (Wildman–Crippen LogP) is 4.04. The van der Waals surface area contributed by atoms with Crippen LogP contribution in [-0.2, 0) is 33.0 Å². The molecule has 0 aliphatic carbocycles. The Morgan fingerprint density at radius 1 is 1.12 bits per heavy atom. The molecule has 0 radical (unpaired) electrons. The number of hydrogen-bond acceptors (Lipinski definition) is 10. The number of carbonyl (C=O) groups is 3. The average molecular weight is 616 g/mol. The van der Waals surface area contributed by atoms with E-state index < -0.39 is 50.9 Å². The summed E-state index contributed by atoms with van der Waals surface area (Å²) in [6, 6.07) is -1.15. The Labute approximate surface area is 251 Å². The molecule has 2 N–H and O–H groups in total. The first-order valence-electron chi connectivity index (χ1n) is 15.0. The van der Waals surface area contributed by atoms with Crippen molar-refractivity contribution in [2.75, 3.05) is 19.7 Å². The standard InChI is InChI=1S/C28H53N5O8Si/c1-11-19(12-2)30-15-22(35)33(20(13-3)14-4)16-23(36)38-17-21-26(39-18(5)34)25(37)24(31-32-29)27(40-21)41-42(9,10)28(6,7)8/h19-21,24-27,30,37H,11-17H2,1-10H3/t21-,24-,25-,26+,27+/m1/s1. The van der Waals surface area contributed by atoms with Crippen molar-refractivity contribution in [1.29, 1.82) is 0 Å². The molecule has 14 heteroatoms. The Kier molecular flexibility index (Phi) is 15.5. The van der Waals surface area contributed by atoms with Crippen molar-refractivity contribution >= 4 is 26.2 Å². The maximum atomic E-state index is 13.1. The number of aliphatic hydroxyl groups excluding tert-OH is 1. The van der Waals surface area contributed by atoms with Crippen molar-refractivity contribution in [2.45, 2.75) is 142 Å². The van der Waals surface area contributed by atoms with Gasteiger partial charge in [-0.3, -0.25) is 14.4 Å². The van der Waals surface area contributed by atoms with E-state index in [-0.39, 0.29) is 42.7 Å². The molecule has 1 amide bonds. The van der Waals surface area contributed by atoms with E-state index in [9.17, 15) is 19.5 Å². The Morgan fingerprint density at radius 2 is 1.71 bits per heavy atom. The van der Waals surface area contributed by atoms with E-state index in [1.165, 1.54) is 11.8 Å². The van der Waals surface area contributed by atoms with Crippen LogP contribution < -0.4 is 5.32 Å². The predicted molar refractivity (Wildman–Crippen MR) is 161 cm³/mol. The van der Waals surface area contributed by atoms with Crippen molar-refractivity contribution in [3.05, 3.63) is 10.4 Å². The summed E-state index contributed by atoms with van der Waals surface area (Å²) in [6.45, 7) is 18.7. The van der Waals surface area contributed by atoms with Crippen LogP contribution in [0.5, 0.6) is 0 Å². The third-order valence-corrected chi connectivity index (χ3v) is 12.7. The Hall–Kier alpha value is -2.22. The molecule has 1 heterocycles. The molecule has 42 heavy (non-hydrogen) atoms. The van der Waals surface area contributed by atoms with Gasteiger partial charge in [0, 0.05) is 23.9 Å². The van der Waals surface area contributed by atoms with E-state index in [0.29, 0.717) is 12.8 Å². The lowest BCUT2D eigenvalue weighted by atomic mass is 9.97. The molecule has 1 fully saturated rings. The lowest BCUT2D eigenvalue weighted by Gasteiger charge is -2.46. The normalized spacial score (nSPS) is 22.9. The van der Waals surface area contributed by atoms with Crippen LogP contribution in [0.3, 0.4) is 0 Å². The molecule has 0 bridgehead atoms. The van der Waals surface area contributed by atoms with Gasteiger partial charge in [-0.25, -0.2) is 0 Å². The van der Waals surface area contributed by atoms with Crippen molar-refractivity contribution in [3.8, 4) is 0 Å². The molecule has 5 atom stereocenters. The van der Waals surface area contributed by atoms with Crippen LogP contribution in [0.15, 0.2) is 5.11 Å². The molecule has 0 saturated carbocycles. The smallest absolute Gasteiger partial charge is 0.325 e. The molecule has 0 aromatic carbocycles. The number of rotatable bonds is 16. The van der Waals surface area contributed by atoms with Gasteiger partial charge in [-0.2, -0.15) is 0 Å². The highest BCUT2D eigenvalue weighted by atomic mass is 28.4. The van der Waals surface area contributed by atoms with Crippen LogP contribution >= 0.6 is 0 Å². The highest BCUT2D eigenvalue weighted by Gasteiger charge is 2.51. The first-order chi connectivity index (χ1) is 19.6. The molecule has 1 saturated heterocycles. The van der Waals surface area contributed by atoms with E-state index in [1.54, 1.807) is 0 Å². The van der Waals surface area contributed by atoms with Gasteiger partial charge in [0.1, 0.15) is 31.4 Å². The largest absolute Gasteiger partial charge is 0.461 e. The lowest BCUT2D eigenvalue weighted by Crippen LogP contribution is -2.62.